The molecule has 0 aliphatic carbocycles. The number of aryl methyl sites for hydroxylation is 2. The van der Waals surface area contributed by atoms with Crippen molar-refractivity contribution in [3.05, 3.63) is 17.0 Å². The van der Waals surface area contributed by atoms with Crippen LogP contribution in [0.15, 0.2) is 9.52 Å². The highest BCUT2D eigenvalue weighted by Gasteiger charge is 2.29. The number of rotatable bonds is 6. The maximum atomic E-state index is 5.77. The number of aromatic nitrogens is 1. The molecule has 1 aromatic heterocycles. The van der Waals surface area contributed by atoms with Crippen molar-refractivity contribution < 1.29 is 9.26 Å². The summed E-state index contributed by atoms with van der Waals surface area (Å²) in [5, 5.41) is 10.7. The van der Waals surface area contributed by atoms with E-state index >= 15 is 0 Å². The molecule has 1 unspecified atom stereocenters. The van der Waals surface area contributed by atoms with E-state index in [9.17, 15) is 0 Å². The third kappa shape index (κ3) is 4.47. The summed E-state index contributed by atoms with van der Waals surface area (Å²) in [7, 11) is 1.79. The predicted molar refractivity (Wildman–Crippen MR) is 87.3 cm³/mol. The molecule has 1 saturated heterocycles. The minimum Gasteiger partial charge on any atom is -0.373 e. The number of nitrogens with one attached hydrogen (secondary N) is 2. The fraction of sp³-hybridized carbons (Fsp3) is 0.750. The van der Waals surface area contributed by atoms with Crippen molar-refractivity contribution in [2.45, 2.75) is 52.1 Å². The van der Waals surface area contributed by atoms with Gasteiger partial charge in [0.15, 0.2) is 5.96 Å². The molecule has 0 bridgehead atoms. The fourth-order valence-electron chi connectivity index (χ4n) is 2.80. The van der Waals surface area contributed by atoms with Gasteiger partial charge in [0, 0.05) is 32.3 Å². The topological polar surface area (TPSA) is 71.7 Å². The van der Waals surface area contributed by atoms with Crippen LogP contribution in [-0.2, 0) is 11.2 Å². The maximum Gasteiger partial charge on any atom is 0.191 e. The lowest BCUT2D eigenvalue weighted by atomic mass is 10.0. The van der Waals surface area contributed by atoms with Gasteiger partial charge in [-0.25, -0.2) is 0 Å². The molecule has 1 aliphatic rings. The molecule has 0 saturated carbocycles. The molecule has 2 rings (SSSR count). The molecule has 0 radical (unpaired) electrons. The molecular formula is C16H28N4O2. The number of ether oxygens (including phenoxy) is 1. The summed E-state index contributed by atoms with van der Waals surface area (Å²) in [6.45, 7) is 8.62. The number of nitrogens with zero attached hydrogens (tertiary/aromatic N) is 2. The normalized spacial score (nSPS) is 22.1. The van der Waals surface area contributed by atoms with Crippen molar-refractivity contribution in [2.24, 2.45) is 4.99 Å². The van der Waals surface area contributed by atoms with Crippen LogP contribution in [0.25, 0.3) is 0 Å². The second-order valence-corrected chi connectivity index (χ2v) is 6.16. The van der Waals surface area contributed by atoms with Gasteiger partial charge in [0.1, 0.15) is 5.76 Å². The van der Waals surface area contributed by atoms with Gasteiger partial charge in [-0.3, -0.25) is 4.99 Å². The lowest BCUT2D eigenvalue weighted by Gasteiger charge is -2.24. The molecule has 0 aromatic carbocycles. The number of guanidine groups is 1. The Balaban J connectivity index is 1.68. The summed E-state index contributed by atoms with van der Waals surface area (Å²) in [6.07, 6.45) is 4.22. The molecule has 1 atom stereocenters. The van der Waals surface area contributed by atoms with E-state index in [2.05, 4.69) is 27.7 Å². The van der Waals surface area contributed by atoms with Crippen molar-refractivity contribution in [2.75, 3.05) is 26.7 Å². The lowest BCUT2D eigenvalue weighted by molar-refractivity contribution is 0.0243. The summed E-state index contributed by atoms with van der Waals surface area (Å²) < 4.78 is 11.0. The van der Waals surface area contributed by atoms with E-state index in [4.69, 9.17) is 9.26 Å². The smallest absolute Gasteiger partial charge is 0.191 e. The Kier molecular flexibility index (Phi) is 5.83. The van der Waals surface area contributed by atoms with Crippen LogP contribution >= 0.6 is 0 Å². The minimum atomic E-state index is -0.0612. The molecule has 1 aliphatic heterocycles. The van der Waals surface area contributed by atoms with Crippen LogP contribution in [0.5, 0.6) is 0 Å². The van der Waals surface area contributed by atoms with Crippen LogP contribution < -0.4 is 10.6 Å². The first-order chi connectivity index (χ1) is 10.5. The highest BCUT2D eigenvalue weighted by Crippen LogP contribution is 2.23. The van der Waals surface area contributed by atoms with E-state index < -0.39 is 0 Å². The molecule has 0 spiro atoms. The number of aliphatic imine (C=N–C) groups is 1. The molecular weight excluding hydrogens is 280 g/mol. The van der Waals surface area contributed by atoms with Gasteiger partial charge in [0.05, 0.1) is 11.3 Å². The van der Waals surface area contributed by atoms with Crippen molar-refractivity contribution in [1.82, 2.24) is 15.8 Å². The zero-order valence-electron chi connectivity index (χ0n) is 14.2. The minimum absolute atomic E-state index is 0.0612. The maximum absolute atomic E-state index is 5.77. The first kappa shape index (κ1) is 16.8. The average Bonchev–Trinajstić information content (AvgIpc) is 3.07. The third-order valence-electron chi connectivity index (χ3n) is 4.23. The van der Waals surface area contributed by atoms with Crippen molar-refractivity contribution >= 4 is 5.96 Å². The van der Waals surface area contributed by atoms with Gasteiger partial charge >= 0.3 is 0 Å². The molecule has 124 valence electrons. The average molecular weight is 308 g/mol. The number of hydrogen-bond donors (Lipinski definition) is 2. The lowest BCUT2D eigenvalue weighted by Crippen LogP contribution is -2.45. The quantitative estimate of drug-likeness (QED) is 0.477. The zero-order chi connectivity index (χ0) is 16.0. The van der Waals surface area contributed by atoms with E-state index in [1.165, 1.54) is 5.56 Å². The summed E-state index contributed by atoms with van der Waals surface area (Å²) in [5.41, 5.74) is 2.15. The Morgan fingerprint density at radius 2 is 2.18 bits per heavy atom. The Bertz CT molecular complexity index is 485. The van der Waals surface area contributed by atoms with Gasteiger partial charge < -0.3 is 19.9 Å². The SMILES string of the molecule is CN=C(NCCCc1c(C)noc1C)NCC1(C)CCCO1. The second kappa shape index (κ2) is 7.63. The predicted octanol–water partition coefficient (Wildman–Crippen LogP) is 1.96. The largest absolute Gasteiger partial charge is 0.373 e. The highest BCUT2D eigenvalue weighted by atomic mass is 16.5. The molecule has 0 amide bonds. The molecule has 2 heterocycles. The van der Waals surface area contributed by atoms with Gasteiger partial charge in [0.2, 0.25) is 0 Å². The first-order valence-electron chi connectivity index (χ1n) is 8.04. The Morgan fingerprint density at radius 3 is 2.77 bits per heavy atom. The van der Waals surface area contributed by atoms with Crippen LogP contribution in [0.3, 0.4) is 0 Å². The molecule has 1 fully saturated rings. The summed E-state index contributed by atoms with van der Waals surface area (Å²) >= 11 is 0. The summed E-state index contributed by atoms with van der Waals surface area (Å²) in [5.74, 6) is 1.75. The van der Waals surface area contributed by atoms with Gasteiger partial charge in [-0.1, -0.05) is 5.16 Å². The molecule has 6 nitrogen and oxygen atoms in total. The van der Waals surface area contributed by atoms with Crippen LogP contribution in [0.1, 0.15) is 43.2 Å². The van der Waals surface area contributed by atoms with E-state index in [0.29, 0.717) is 0 Å². The monoisotopic (exact) mass is 308 g/mol. The van der Waals surface area contributed by atoms with E-state index in [1.807, 2.05) is 13.8 Å². The van der Waals surface area contributed by atoms with Crippen LogP contribution in [-0.4, -0.2) is 43.5 Å². The van der Waals surface area contributed by atoms with Crippen LogP contribution in [0.4, 0.5) is 0 Å². The van der Waals surface area contributed by atoms with Gasteiger partial charge in [-0.2, -0.15) is 0 Å². The Morgan fingerprint density at radius 1 is 1.36 bits per heavy atom. The van der Waals surface area contributed by atoms with Crippen LogP contribution in [0, 0.1) is 13.8 Å². The molecule has 6 heteroatoms. The Labute approximate surface area is 132 Å². The van der Waals surface area contributed by atoms with Gasteiger partial charge in [-0.15, -0.1) is 0 Å². The van der Waals surface area contributed by atoms with E-state index in [0.717, 1.165) is 62.8 Å². The number of hydrogen-bond acceptors (Lipinski definition) is 4. The van der Waals surface area contributed by atoms with Crippen molar-refractivity contribution in [3.8, 4) is 0 Å². The van der Waals surface area contributed by atoms with Crippen LogP contribution in [0.2, 0.25) is 0 Å². The summed E-state index contributed by atoms with van der Waals surface area (Å²) in [4.78, 5) is 4.26. The fourth-order valence-corrected chi connectivity index (χ4v) is 2.80. The van der Waals surface area contributed by atoms with Gasteiger partial charge in [-0.05, 0) is 46.5 Å². The molecule has 1 aromatic rings. The van der Waals surface area contributed by atoms with Gasteiger partial charge in [0.25, 0.3) is 0 Å². The summed E-state index contributed by atoms with van der Waals surface area (Å²) in [6, 6.07) is 0. The van der Waals surface area contributed by atoms with Crippen molar-refractivity contribution in [3.63, 3.8) is 0 Å². The third-order valence-corrected chi connectivity index (χ3v) is 4.23. The molecule has 2 N–H and O–H groups in total. The van der Waals surface area contributed by atoms with E-state index in [1.54, 1.807) is 7.05 Å². The van der Waals surface area contributed by atoms with Crippen molar-refractivity contribution in [1.29, 1.82) is 0 Å². The van der Waals surface area contributed by atoms with E-state index in [-0.39, 0.29) is 5.60 Å². The Hall–Kier alpha value is -1.56. The highest BCUT2D eigenvalue weighted by molar-refractivity contribution is 5.79. The second-order valence-electron chi connectivity index (χ2n) is 6.16. The zero-order valence-corrected chi connectivity index (χ0v) is 14.2. The molecule has 22 heavy (non-hydrogen) atoms. The standard InChI is InChI=1S/C16H28N4O2/c1-12-14(13(2)22-20-12)7-5-9-18-15(17-4)19-11-16(3)8-6-10-21-16/h5-11H2,1-4H3,(H2,17,18,19). The first-order valence-corrected chi connectivity index (χ1v) is 8.04.